The molecule has 0 bridgehead atoms. The molecule has 0 unspecified atom stereocenters. The zero-order chi connectivity index (χ0) is 36.0. The highest BCUT2D eigenvalue weighted by atomic mass is 16.7. The summed E-state index contributed by atoms with van der Waals surface area (Å²) in [5, 5.41) is 42.7. The minimum absolute atomic E-state index is 0.238. The van der Waals surface area contributed by atoms with Crippen LogP contribution < -0.4 is 5.32 Å². The number of aliphatic hydroxyl groups excluding tert-OH is 4. The fourth-order valence-electron chi connectivity index (χ4n) is 6.35. The van der Waals surface area contributed by atoms with Gasteiger partial charge in [-0.25, -0.2) is 4.79 Å². The van der Waals surface area contributed by atoms with Crippen LogP contribution in [0, 0.1) is 0 Å². The Bertz CT molecular complexity index is 784. The van der Waals surface area contributed by atoms with Crippen LogP contribution in [0.3, 0.4) is 0 Å². The molecule has 0 aliphatic carbocycles. The summed E-state index contributed by atoms with van der Waals surface area (Å²) in [7, 11) is 0. The maximum atomic E-state index is 13.0. The first kappa shape index (κ1) is 45.7. The summed E-state index contributed by atoms with van der Waals surface area (Å²) in [6, 6.07) is -1.13. The highest BCUT2D eigenvalue weighted by molar-refractivity contribution is 5.84. The molecule has 1 amide bonds. The summed E-state index contributed by atoms with van der Waals surface area (Å²) >= 11 is 0. The molecule has 10 nitrogen and oxygen atoms in total. The first-order valence-corrected chi connectivity index (χ1v) is 20.2. The molecule has 1 heterocycles. The third-order valence-electron chi connectivity index (χ3n) is 9.64. The zero-order valence-electron chi connectivity index (χ0n) is 31.3. The quantitative estimate of drug-likeness (QED) is 0.0359. The van der Waals surface area contributed by atoms with Crippen LogP contribution in [0.4, 0.5) is 0 Å². The Balaban J connectivity index is 2.39. The summed E-state index contributed by atoms with van der Waals surface area (Å²) in [5.41, 5.74) is 0. The molecule has 0 aromatic rings. The van der Waals surface area contributed by atoms with Crippen molar-refractivity contribution in [1.29, 1.82) is 0 Å². The summed E-state index contributed by atoms with van der Waals surface area (Å²) < 4.78 is 16.5. The van der Waals surface area contributed by atoms with Crippen molar-refractivity contribution in [1.82, 2.24) is 5.32 Å². The Morgan fingerprint density at radius 3 is 1.49 bits per heavy atom. The molecular formula is C39H75NO9. The van der Waals surface area contributed by atoms with Crippen LogP contribution in [0.15, 0.2) is 0 Å². The minimum atomic E-state index is -1.60. The molecular weight excluding hydrogens is 626 g/mol. The van der Waals surface area contributed by atoms with Crippen molar-refractivity contribution in [3.05, 3.63) is 0 Å². The van der Waals surface area contributed by atoms with E-state index in [0.717, 1.165) is 38.5 Å². The maximum absolute atomic E-state index is 13.0. The average Bonchev–Trinajstić information content (AvgIpc) is 3.10. The molecule has 49 heavy (non-hydrogen) atoms. The van der Waals surface area contributed by atoms with Crippen molar-refractivity contribution in [3.63, 3.8) is 0 Å². The van der Waals surface area contributed by atoms with E-state index in [1.807, 2.05) is 0 Å². The van der Waals surface area contributed by atoms with Gasteiger partial charge in [0.15, 0.2) is 12.3 Å². The molecule has 290 valence electrons. The Kier molecular flexibility index (Phi) is 29.3. The van der Waals surface area contributed by atoms with E-state index in [-0.39, 0.29) is 25.5 Å². The molecule has 6 atom stereocenters. The van der Waals surface area contributed by atoms with Gasteiger partial charge in [0.2, 0.25) is 5.91 Å². The molecule has 0 spiro atoms. The lowest BCUT2D eigenvalue weighted by Gasteiger charge is -2.39. The second kappa shape index (κ2) is 31.4. The van der Waals surface area contributed by atoms with Crippen molar-refractivity contribution < 1.29 is 44.2 Å². The fraction of sp³-hybridized carbons (Fsp3) is 0.949. The Morgan fingerprint density at radius 2 is 1.04 bits per heavy atom. The van der Waals surface area contributed by atoms with Gasteiger partial charge in [0.05, 0.1) is 19.8 Å². The van der Waals surface area contributed by atoms with Gasteiger partial charge in [-0.15, -0.1) is 0 Å². The van der Waals surface area contributed by atoms with Gasteiger partial charge in [-0.3, -0.25) is 4.79 Å². The van der Waals surface area contributed by atoms with E-state index in [0.29, 0.717) is 0 Å². The first-order chi connectivity index (χ1) is 23.8. The maximum Gasteiger partial charge on any atom is 0.331 e. The number of hydrogen-bond donors (Lipinski definition) is 5. The summed E-state index contributed by atoms with van der Waals surface area (Å²) in [4.78, 5) is 25.8. The van der Waals surface area contributed by atoms with Gasteiger partial charge in [-0.2, -0.15) is 0 Å². The molecule has 1 fully saturated rings. The molecule has 0 saturated carbocycles. The molecule has 1 aliphatic rings. The minimum Gasteiger partial charge on any atom is -0.464 e. The third-order valence-corrected chi connectivity index (χ3v) is 9.64. The van der Waals surface area contributed by atoms with Gasteiger partial charge in [0.1, 0.15) is 24.4 Å². The number of nitrogens with one attached hydrogen (secondary N) is 1. The first-order valence-electron chi connectivity index (χ1n) is 20.2. The number of carbonyl (C=O) groups is 2. The number of aliphatic hydroxyl groups is 4. The Morgan fingerprint density at radius 1 is 0.612 bits per heavy atom. The van der Waals surface area contributed by atoms with E-state index < -0.39 is 49.3 Å². The number of unbranched alkanes of at least 4 members (excludes halogenated alkanes) is 23. The number of carbonyl (C=O) groups excluding carboxylic acids is 2. The van der Waals surface area contributed by atoms with Gasteiger partial charge in [0, 0.05) is 6.42 Å². The Labute approximate surface area is 298 Å². The van der Waals surface area contributed by atoms with Crippen LogP contribution >= 0.6 is 0 Å². The monoisotopic (exact) mass is 702 g/mol. The van der Waals surface area contributed by atoms with Crippen LogP contribution in [0.2, 0.25) is 0 Å². The molecule has 5 N–H and O–H groups in total. The van der Waals surface area contributed by atoms with Crippen LogP contribution in [0.25, 0.3) is 0 Å². The molecule has 1 aliphatic heterocycles. The van der Waals surface area contributed by atoms with Gasteiger partial charge in [-0.05, 0) is 12.8 Å². The van der Waals surface area contributed by atoms with E-state index in [1.54, 1.807) is 0 Å². The van der Waals surface area contributed by atoms with E-state index in [1.165, 1.54) is 122 Å². The number of ether oxygens (including phenoxy) is 3. The molecule has 0 aromatic carbocycles. The van der Waals surface area contributed by atoms with Gasteiger partial charge in [-0.1, -0.05) is 162 Å². The van der Waals surface area contributed by atoms with Crippen molar-refractivity contribution in [2.24, 2.45) is 0 Å². The summed E-state index contributed by atoms with van der Waals surface area (Å²) in [6.07, 6.45) is 23.1. The van der Waals surface area contributed by atoms with E-state index in [2.05, 4.69) is 19.2 Å². The predicted molar refractivity (Wildman–Crippen MR) is 194 cm³/mol. The van der Waals surface area contributed by atoms with Crippen molar-refractivity contribution in [2.75, 3.05) is 19.8 Å². The topological polar surface area (TPSA) is 155 Å². The van der Waals surface area contributed by atoms with Crippen LogP contribution in [0.5, 0.6) is 0 Å². The van der Waals surface area contributed by atoms with Crippen molar-refractivity contribution in [2.45, 2.75) is 218 Å². The SMILES string of the molecule is CCCCCCCCCCCCCCCC(=O)N[C@@H](CO[C@@H]1O[C@H](CO)[C@@H](O)[C@H](O)[C@H]1O)C(=O)OCCCCCCCCCCCCCC. The molecule has 0 radical (unpaired) electrons. The molecule has 0 aromatic heterocycles. The van der Waals surface area contributed by atoms with Crippen LogP contribution in [-0.4, -0.2) is 88.9 Å². The predicted octanol–water partition coefficient (Wildman–Crippen LogP) is 7.01. The average molecular weight is 702 g/mol. The lowest BCUT2D eigenvalue weighted by atomic mass is 9.99. The summed E-state index contributed by atoms with van der Waals surface area (Å²) in [6.45, 7) is 3.77. The number of amides is 1. The third kappa shape index (κ3) is 23.0. The van der Waals surface area contributed by atoms with Crippen LogP contribution in [-0.2, 0) is 23.8 Å². The van der Waals surface area contributed by atoms with E-state index in [9.17, 15) is 30.0 Å². The van der Waals surface area contributed by atoms with E-state index >= 15 is 0 Å². The second-order valence-corrected chi connectivity index (χ2v) is 14.2. The summed E-state index contributed by atoms with van der Waals surface area (Å²) in [5.74, 6) is -0.917. The molecule has 1 rings (SSSR count). The van der Waals surface area contributed by atoms with Gasteiger partial charge in [0.25, 0.3) is 0 Å². The van der Waals surface area contributed by atoms with Crippen molar-refractivity contribution >= 4 is 11.9 Å². The standard InChI is InChI=1S/C39H75NO9/c1-3-5-7-9-11-13-15-17-18-20-22-24-26-28-34(42)40-32(31-48-39-37(45)36(44)35(43)33(30-41)49-39)38(46)47-29-27-25-23-21-19-16-14-12-10-8-6-4-2/h32-33,35-37,39,41,43-45H,3-31H2,1-2H3,(H,40,42)/t32-,33+,35+,36-,37+,39+/m0/s1. The Hall–Kier alpha value is -1.30. The lowest BCUT2D eigenvalue weighted by Crippen LogP contribution is -2.59. The van der Waals surface area contributed by atoms with Crippen molar-refractivity contribution in [3.8, 4) is 0 Å². The highest BCUT2D eigenvalue weighted by Gasteiger charge is 2.44. The van der Waals surface area contributed by atoms with Gasteiger partial charge < -0.3 is 40.0 Å². The molecule has 10 heteroatoms. The largest absolute Gasteiger partial charge is 0.464 e. The zero-order valence-corrected chi connectivity index (χ0v) is 31.3. The second-order valence-electron chi connectivity index (χ2n) is 14.2. The lowest BCUT2D eigenvalue weighted by molar-refractivity contribution is -0.301. The van der Waals surface area contributed by atoms with Gasteiger partial charge >= 0.3 is 5.97 Å². The fourth-order valence-corrected chi connectivity index (χ4v) is 6.35. The smallest absolute Gasteiger partial charge is 0.331 e. The normalized spacial score (nSPS) is 21.5. The highest BCUT2D eigenvalue weighted by Crippen LogP contribution is 2.22. The number of rotatable bonds is 33. The number of esters is 1. The van der Waals surface area contributed by atoms with E-state index in [4.69, 9.17) is 14.2 Å². The van der Waals surface area contributed by atoms with Crippen LogP contribution in [0.1, 0.15) is 181 Å². The molecule has 1 saturated heterocycles. The number of hydrogen-bond acceptors (Lipinski definition) is 9.